The second kappa shape index (κ2) is 6.34. The van der Waals surface area contributed by atoms with Crippen molar-refractivity contribution in [2.45, 2.75) is 32.4 Å². The highest BCUT2D eigenvalue weighted by Crippen LogP contribution is 2.54. The number of aryl methyl sites for hydroxylation is 2. The first-order valence-electron chi connectivity index (χ1n) is 8.07. The number of methoxy groups -OCH3 is 1. The molecule has 0 aliphatic heterocycles. The maximum atomic E-state index is 10.7. The Labute approximate surface area is 137 Å². The number of aromatic nitrogens is 2. The molecule has 0 amide bonds. The molecule has 1 aromatic heterocycles. The Morgan fingerprint density at radius 1 is 1.35 bits per heavy atom. The van der Waals surface area contributed by atoms with E-state index in [9.17, 15) is 5.11 Å². The highest BCUT2D eigenvalue weighted by Gasteiger charge is 2.48. The smallest absolute Gasteiger partial charge is 0.216 e. The second-order valence-corrected chi connectivity index (χ2v) is 6.48. The Morgan fingerprint density at radius 3 is 2.65 bits per heavy atom. The Bertz CT molecular complexity index is 662. The Balaban J connectivity index is 1.63. The van der Waals surface area contributed by atoms with E-state index >= 15 is 0 Å². The van der Waals surface area contributed by atoms with Crippen molar-refractivity contribution in [1.82, 2.24) is 15.1 Å². The molecule has 0 spiro atoms. The zero-order chi connectivity index (χ0) is 16.4. The number of aliphatic hydroxyl groups excluding tert-OH is 1. The van der Waals surface area contributed by atoms with Crippen LogP contribution in [-0.2, 0) is 13.6 Å². The molecule has 1 heterocycles. The van der Waals surface area contributed by atoms with Gasteiger partial charge in [-0.1, -0.05) is 30.3 Å². The molecule has 2 N–H and O–H groups in total. The highest BCUT2D eigenvalue weighted by molar-refractivity contribution is 5.31. The van der Waals surface area contributed by atoms with Gasteiger partial charge in [0.05, 0.1) is 24.5 Å². The summed E-state index contributed by atoms with van der Waals surface area (Å²) >= 11 is 0. The number of nitrogens with one attached hydrogen (secondary N) is 1. The highest BCUT2D eigenvalue weighted by atomic mass is 16.5. The lowest BCUT2D eigenvalue weighted by molar-refractivity contribution is 0.0917. The maximum absolute atomic E-state index is 10.7. The van der Waals surface area contributed by atoms with Gasteiger partial charge in [0, 0.05) is 25.6 Å². The molecule has 5 nitrogen and oxygen atoms in total. The van der Waals surface area contributed by atoms with E-state index in [2.05, 4.69) is 10.4 Å². The van der Waals surface area contributed by atoms with Crippen LogP contribution in [0.1, 0.15) is 35.8 Å². The fraction of sp³-hybridized carbons (Fsp3) is 0.500. The number of hydrogen-bond donors (Lipinski definition) is 2. The number of rotatable bonds is 7. The van der Waals surface area contributed by atoms with E-state index in [0.29, 0.717) is 6.54 Å². The predicted molar refractivity (Wildman–Crippen MR) is 89.3 cm³/mol. The summed E-state index contributed by atoms with van der Waals surface area (Å²) in [5.74, 6) is 0.795. The van der Waals surface area contributed by atoms with E-state index in [1.807, 2.05) is 44.3 Å². The first-order chi connectivity index (χ1) is 11.1. The molecule has 0 saturated heterocycles. The van der Waals surface area contributed by atoms with Crippen LogP contribution < -0.4 is 10.1 Å². The minimum Gasteiger partial charge on any atom is -0.481 e. The van der Waals surface area contributed by atoms with Crippen molar-refractivity contribution in [2.24, 2.45) is 12.5 Å². The van der Waals surface area contributed by atoms with Gasteiger partial charge in [-0.2, -0.15) is 5.10 Å². The van der Waals surface area contributed by atoms with Gasteiger partial charge >= 0.3 is 0 Å². The first kappa shape index (κ1) is 16.0. The third kappa shape index (κ3) is 3.12. The van der Waals surface area contributed by atoms with Crippen molar-refractivity contribution in [3.05, 3.63) is 47.2 Å². The van der Waals surface area contributed by atoms with Crippen LogP contribution in [0.2, 0.25) is 0 Å². The van der Waals surface area contributed by atoms with Gasteiger partial charge in [0.25, 0.3) is 0 Å². The quantitative estimate of drug-likeness (QED) is 0.823. The molecule has 124 valence electrons. The zero-order valence-corrected chi connectivity index (χ0v) is 14.0. The molecule has 3 rings (SSSR count). The maximum Gasteiger partial charge on any atom is 0.216 e. The molecule has 1 aliphatic carbocycles. The average Bonchev–Trinajstić information content (AvgIpc) is 3.29. The van der Waals surface area contributed by atoms with Crippen molar-refractivity contribution in [3.63, 3.8) is 0 Å². The summed E-state index contributed by atoms with van der Waals surface area (Å²) in [6.07, 6.45) is 1.70. The van der Waals surface area contributed by atoms with Crippen molar-refractivity contribution in [2.75, 3.05) is 13.7 Å². The lowest BCUT2D eigenvalue weighted by Crippen LogP contribution is -2.28. The molecule has 1 aliphatic rings. The fourth-order valence-electron chi connectivity index (χ4n) is 3.27. The van der Waals surface area contributed by atoms with Gasteiger partial charge in [0.1, 0.15) is 0 Å². The van der Waals surface area contributed by atoms with Crippen molar-refractivity contribution >= 4 is 0 Å². The molecular formula is C18H25N3O2. The summed E-state index contributed by atoms with van der Waals surface area (Å²) in [5, 5.41) is 18.6. The largest absolute Gasteiger partial charge is 0.481 e. The normalized spacial score (nSPS) is 17.0. The molecule has 2 aromatic rings. The minimum absolute atomic E-state index is 0.0370. The predicted octanol–water partition coefficient (Wildman–Crippen LogP) is 2.34. The van der Waals surface area contributed by atoms with E-state index in [0.717, 1.165) is 42.1 Å². The van der Waals surface area contributed by atoms with Crippen LogP contribution in [0.4, 0.5) is 0 Å². The second-order valence-electron chi connectivity index (χ2n) is 6.48. The number of benzene rings is 1. The molecule has 1 unspecified atom stereocenters. The molecule has 0 radical (unpaired) electrons. The minimum atomic E-state index is -0.409. The summed E-state index contributed by atoms with van der Waals surface area (Å²) in [4.78, 5) is 0. The van der Waals surface area contributed by atoms with Crippen molar-refractivity contribution in [3.8, 4) is 5.88 Å². The van der Waals surface area contributed by atoms with Crippen LogP contribution in [0.5, 0.6) is 5.88 Å². The summed E-state index contributed by atoms with van der Waals surface area (Å²) in [6.45, 7) is 3.48. The van der Waals surface area contributed by atoms with Gasteiger partial charge in [-0.15, -0.1) is 0 Å². The molecule has 1 saturated carbocycles. The third-order valence-corrected chi connectivity index (χ3v) is 4.85. The summed E-state index contributed by atoms with van der Waals surface area (Å²) in [5.41, 5.74) is 3.03. The lowest BCUT2D eigenvalue weighted by atomic mass is 9.92. The monoisotopic (exact) mass is 315 g/mol. The van der Waals surface area contributed by atoms with Gasteiger partial charge in [0.15, 0.2) is 0 Å². The summed E-state index contributed by atoms with van der Waals surface area (Å²) < 4.78 is 7.19. The standard InChI is InChI=1S/C18H25N3O2/c1-13-15(17(23-3)21(2)20-13)11-19-12-18(9-10-18)16(22)14-7-5-4-6-8-14/h4-8,16,19,22H,9-12H2,1-3H3. The number of aliphatic hydroxyl groups is 1. The molecule has 5 heteroatoms. The lowest BCUT2D eigenvalue weighted by Gasteiger charge is -2.23. The fourth-order valence-corrected chi connectivity index (χ4v) is 3.27. The van der Waals surface area contributed by atoms with Crippen molar-refractivity contribution < 1.29 is 9.84 Å². The van der Waals surface area contributed by atoms with Crippen LogP contribution in [0.15, 0.2) is 30.3 Å². The van der Waals surface area contributed by atoms with Crippen LogP contribution in [0, 0.1) is 12.3 Å². The zero-order valence-electron chi connectivity index (χ0n) is 14.0. The van der Waals surface area contributed by atoms with E-state index in [4.69, 9.17) is 4.74 Å². The Morgan fingerprint density at radius 2 is 2.04 bits per heavy atom. The summed E-state index contributed by atoms with van der Waals surface area (Å²) in [7, 11) is 3.55. The number of hydrogen-bond acceptors (Lipinski definition) is 4. The summed E-state index contributed by atoms with van der Waals surface area (Å²) in [6, 6.07) is 9.93. The van der Waals surface area contributed by atoms with E-state index < -0.39 is 6.10 Å². The van der Waals surface area contributed by atoms with Crippen LogP contribution >= 0.6 is 0 Å². The SMILES string of the molecule is COc1c(CNCC2(C(O)c3ccccc3)CC2)c(C)nn1C. The van der Waals surface area contributed by atoms with E-state index in [-0.39, 0.29) is 5.41 Å². The van der Waals surface area contributed by atoms with Crippen LogP contribution in [0.3, 0.4) is 0 Å². The van der Waals surface area contributed by atoms with Crippen LogP contribution in [0.25, 0.3) is 0 Å². The van der Waals surface area contributed by atoms with Crippen LogP contribution in [-0.4, -0.2) is 28.5 Å². The van der Waals surface area contributed by atoms with E-state index in [1.165, 1.54) is 0 Å². The number of nitrogens with zero attached hydrogens (tertiary/aromatic N) is 2. The molecular weight excluding hydrogens is 290 g/mol. The Hall–Kier alpha value is -1.85. The first-order valence-corrected chi connectivity index (χ1v) is 8.07. The van der Waals surface area contributed by atoms with Gasteiger partial charge < -0.3 is 15.2 Å². The van der Waals surface area contributed by atoms with Crippen molar-refractivity contribution in [1.29, 1.82) is 0 Å². The van der Waals surface area contributed by atoms with Gasteiger partial charge in [-0.3, -0.25) is 0 Å². The molecule has 1 aromatic carbocycles. The van der Waals surface area contributed by atoms with E-state index in [1.54, 1.807) is 11.8 Å². The molecule has 23 heavy (non-hydrogen) atoms. The van der Waals surface area contributed by atoms with Gasteiger partial charge in [-0.05, 0) is 25.3 Å². The van der Waals surface area contributed by atoms with Gasteiger partial charge in [0.2, 0.25) is 5.88 Å². The molecule has 0 bridgehead atoms. The molecule has 1 atom stereocenters. The number of ether oxygens (including phenoxy) is 1. The Kier molecular flexibility index (Phi) is 4.41. The van der Waals surface area contributed by atoms with Gasteiger partial charge in [-0.25, -0.2) is 4.68 Å². The average molecular weight is 315 g/mol. The third-order valence-electron chi connectivity index (χ3n) is 4.85. The topological polar surface area (TPSA) is 59.3 Å². The molecule has 1 fully saturated rings.